The summed E-state index contributed by atoms with van der Waals surface area (Å²) in [7, 11) is 0. The fraction of sp³-hybridized carbons (Fsp3) is 0.273. The summed E-state index contributed by atoms with van der Waals surface area (Å²) in [5.74, 6) is 1.06. The molecular formula is C11H10ClF2N. The predicted octanol–water partition coefficient (Wildman–Crippen LogP) is 2.90. The van der Waals surface area contributed by atoms with E-state index in [2.05, 4.69) is 11.2 Å². The summed E-state index contributed by atoms with van der Waals surface area (Å²) in [5, 5.41) is 2.60. The third-order valence-electron chi connectivity index (χ3n) is 1.93. The molecule has 1 aromatic rings. The standard InChI is InChI=1S/C11H10ClF2N/c1-3-11(15-4-2)7-5-10(14)8(12)6-9(7)13/h1,5-6,11,15H,4H2,2H3. The highest BCUT2D eigenvalue weighted by Gasteiger charge is 2.15. The minimum Gasteiger partial charge on any atom is -0.300 e. The molecule has 1 unspecified atom stereocenters. The van der Waals surface area contributed by atoms with E-state index < -0.39 is 17.7 Å². The Morgan fingerprint density at radius 3 is 2.67 bits per heavy atom. The van der Waals surface area contributed by atoms with Crippen LogP contribution in [0.1, 0.15) is 18.5 Å². The normalized spacial score (nSPS) is 12.2. The molecular weight excluding hydrogens is 220 g/mol. The molecule has 0 fully saturated rings. The van der Waals surface area contributed by atoms with E-state index in [0.717, 1.165) is 12.1 Å². The number of benzene rings is 1. The van der Waals surface area contributed by atoms with Gasteiger partial charge < -0.3 is 5.32 Å². The van der Waals surface area contributed by atoms with Gasteiger partial charge in [-0.1, -0.05) is 24.4 Å². The Morgan fingerprint density at radius 1 is 1.47 bits per heavy atom. The smallest absolute Gasteiger partial charge is 0.142 e. The summed E-state index contributed by atoms with van der Waals surface area (Å²) in [5.41, 5.74) is 0.0984. The van der Waals surface area contributed by atoms with E-state index in [4.69, 9.17) is 18.0 Å². The minimum absolute atomic E-state index is 0.0984. The van der Waals surface area contributed by atoms with Crippen LogP contribution in [0.15, 0.2) is 12.1 Å². The molecule has 0 spiro atoms. The predicted molar refractivity (Wildman–Crippen MR) is 56.6 cm³/mol. The summed E-state index contributed by atoms with van der Waals surface area (Å²) in [6.07, 6.45) is 5.21. The van der Waals surface area contributed by atoms with Crippen LogP contribution in [0.2, 0.25) is 5.02 Å². The molecule has 15 heavy (non-hydrogen) atoms. The topological polar surface area (TPSA) is 12.0 Å². The summed E-state index contributed by atoms with van der Waals surface area (Å²) in [4.78, 5) is 0. The van der Waals surface area contributed by atoms with E-state index in [9.17, 15) is 8.78 Å². The van der Waals surface area contributed by atoms with Crippen molar-refractivity contribution >= 4 is 11.6 Å². The molecule has 0 aliphatic rings. The largest absolute Gasteiger partial charge is 0.300 e. The summed E-state index contributed by atoms with van der Waals surface area (Å²) >= 11 is 5.42. The average molecular weight is 230 g/mol. The van der Waals surface area contributed by atoms with Gasteiger partial charge in [0, 0.05) is 5.56 Å². The highest BCUT2D eigenvalue weighted by molar-refractivity contribution is 6.30. The number of halogens is 3. The van der Waals surface area contributed by atoms with Crippen molar-refractivity contribution < 1.29 is 8.78 Å². The van der Waals surface area contributed by atoms with E-state index in [1.807, 2.05) is 6.92 Å². The van der Waals surface area contributed by atoms with Crippen LogP contribution in [-0.2, 0) is 0 Å². The average Bonchev–Trinajstić information content (AvgIpc) is 2.20. The van der Waals surface area contributed by atoms with Gasteiger partial charge in [0.15, 0.2) is 0 Å². The van der Waals surface area contributed by atoms with Crippen molar-refractivity contribution in [3.63, 3.8) is 0 Å². The second-order valence-electron chi connectivity index (χ2n) is 2.95. The Morgan fingerprint density at radius 2 is 2.13 bits per heavy atom. The second kappa shape index (κ2) is 5.11. The lowest BCUT2D eigenvalue weighted by atomic mass is 10.1. The Bertz CT molecular complexity index is 398. The molecule has 0 saturated heterocycles. The Hall–Kier alpha value is -1.11. The Balaban J connectivity index is 3.13. The number of hydrogen-bond acceptors (Lipinski definition) is 1. The molecule has 1 nitrogen and oxygen atoms in total. The van der Waals surface area contributed by atoms with E-state index >= 15 is 0 Å². The van der Waals surface area contributed by atoms with Crippen LogP contribution in [0.4, 0.5) is 8.78 Å². The fourth-order valence-corrected chi connectivity index (χ4v) is 1.37. The molecule has 0 bridgehead atoms. The highest BCUT2D eigenvalue weighted by Crippen LogP contribution is 2.23. The third-order valence-corrected chi connectivity index (χ3v) is 2.22. The summed E-state index contributed by atoms with van der Waals surface area (Å²) in [6.45, 7) is 2.40. The van der Waals surface area contributed by atoms with Crippen molar-refractivity contribution in [1.82, 2.24) is 5.32 Å². The maximum atomic E-state index is 13.4. The molecule has 1 atom stereocenters. The van der Waals surface area contributed by atoms with Gasteiger partial charge >= 0.3 is 0 Å². The molecule has 80 valence electrons. The van der Waals surface area contributed by atoms with E-state index in [1.54, 1.807) is 0 Å². The van der Waals surface area contributed by atoms with Gasteiger partial charge in [0.1, 0.15) is 11.6 Å². The second-order valence-corrected chi connectivity index (χ2v) is 3.35. The summed E-state index contributed by atoms with van der Waals surface area (Å²) < 4.78 is 26.5. The lowest BCUT2D eigenvalue weighted by Gasteiger charge is -2.13. The number of rotatable bonds is 3. The molecule has 4 heteroatoms. The molecule has 0 aliphatic carbocycles. The molecule has 0 heterocycles. The van der Waals surface area contributed by atoms with Gasteiger partial charge in [-0.3, -0.25) is 0 Å². The first-order valence-electron chi connectivity index (χ1n) is 4.44. The third kappa shape index (κ3) is 2.68. The SMILES string of the molecule is C#CC(NCC)c1cc(F)c(Cl)cc1F. The Labute approximate surface area is 92.4 Å². The monoisotopic (exact) mass is 229 g/mol. The van der Waals surface area contributed by atoms with Gasteiger partial charge in [-0.05, 0) is 18.7 Å². The van der Waals surface area contributed by atoms with Crippen LogP contribution in [0.5, 0.6) is 0 Å². The molecule has 0 aromatic heterocycles. The Kier molecular flexibility index (Phi) is 4.07. The van der Waals surface area contributed by atoms with Crippen LogP contribution < -0.4 is 5.32 Å². The number of terminal acetylenes is 1. The first kappa shape index (κ1) is 12.0. The molecule has 1 aromatic carbocycles. The van der Waals surface area contributed by atoms with Crippen molar-refractivity contribution in [2.75, 3.05) is 6.54 Å². The molecule has 0 amide bonds. The van der Waals surface area contributed by atoms with Crippen molar-refractivity contribution in [3.05, 3.63) is 34.4 Å². The van der Waals surface area contributed by atoms with Gasteiger partial charge in [0.2, 0.25) is 0 Å². The van der Waals surface area contributed by atoms with Crippen molar-refractivity contribution in [2.45, 2.75) is 13.0 Å². The number of nitrogens with one attached hydrogen (secondary N) is 1. The lowest BCUT2D eigenvalue weighted by Crippen LogP contribution is -2.20. The zero-order chi connectivity index (χ0) is 11.4. The van der Waals surface area contributed by atoms with Gasteiger partial charge in [0.25, 0.3) is 0 Å². The van der Waals surface area contributed by atoms with Gasteiger partial charge in [-0.25, -0.2) is 8.78 Å². The van der Waals surface area contributed by atoms with Gasteiger partial charge in [-0.2, -0.15) is 0 Å². The molecule has 1 N–H and O–H groups in total. The van der Waals surface area contributed by atoms with E-state index in [0.29, 0.717) is 6.54 Å². The van der Waals surface area contributed by atoms with Crippen molar-refractivity contribution in [1.29, 1.82) is 0 Å². The van der Waals surface area contributed by atoms with Crippen molar-refractivity contribution in [2.24, 2.45) is 0 Å². The fourth-order valence-electron chi connectivity index (χ4n) is 1.22. The zero-order valence-electron chi connectivity index (χ0n) is 8.15. The van der Waals surface area contributed by atoms with E-state index in [1.165, 1.54) is 0 Å². The molecule has 0 radical (unpaired) electrons. The first-order valence-corrected chi connectivity index (χ1v) is 4.81. The van der Waals surface area contributed by atoms with Crippen LogP contribution in [-0.4, -0.2) is 6.54 Å². The van der Waals surface area contributed by atoms with Gasteiger partial charge in [-0.15, -0.1) is 6.42 Å². The number of hydrogen-bond donors (Lipinski definition) is 1. The van der Waals surface area contributed by atoms with Crippen LogP contribution in [0.3, 0.4) is 0 Å². The van der Waals surface area contributed by atoms with E-state index in [-0.39, 0.29) is 10.6 Å². The first-order chi connectivity index (χ1) is 7.10. The maximum Gasteiger partial charge on any atom is 0.142 e. The van der Waals surface area contributed by atoms with Crippen LogP contribution in [0, 0.1) is 24.0 Å². The summed E-state index contributed by atoms with van der Waals surface area (Å²) in [6, 6.07) is 1.31. The zero-order valence-corrected chi connectivity index (χ0v) is 8.91. The van der Waals surface area contributed by atoms with Crippen LogP contribution >= 0.6 is 11.6 Å². The molecule has 0 aliphatic heterocycles. The lowest BCUT2D eigenvalue weighted by molar-refractivity contribution is 0.557. The van der Waals surface area contributed by atoms with Crippen LogP contribution in [0.25, 0.3) is 0 Å². The molecule has 1 rings (SSSR count). The maximum absolute atomic E-state index is 13.4. The minimum atomic E-state index is -0.675. The molecule has 0 saturated carbocycles. The van der Waals surface area contributed by atoms with Gasteiger partial charge in [0.05, 0.1) is 11.1 Å². The quantitative estimate of drug-likeness (QED) is 0.621. The van der Waals surface area contributed by atoms with Crippen molar-refractivity contribution in [3.8, 4) is 12.3 Å². The highest BCUT2D eigenvalue weighted by atomic mass is 35.5.